The number of ether oxygens (including phenoxy) is 1. The minimum atomic E-state index is -0.989. The van der Waals surface area contributed by atoms with Gasteiger partial charge in [0.15, 0.2) is 11.4 Å². The smallest absolute Gasteiger partial charge is 0.274 e. The number of rotatable bonds is 6. The third kappa shape index (κ3) is 3.78. The average Bonchev–Trinajstić information content (AvgIpc) is 3.44. The van der Waals surface area contributed by atoms with Crippen LogP contribution in [0.1, 0.15) is 46.7 Å². The highest BCUT2D eigenvalue weighted by atomic mass is 19.1. The first-order valence-corrected chi connectivity index (χ1v) is 10.6. The van der Waals surface area contributed by atoms with Gasteiger partial charge in [0.25, 0.3) is 11.8 Å². The number of hydrogen-bond donors (Lipinski definition) is 2. The molecule has 0 unspecified atom stereocenters. The van der Waals surface area contributed by atoms with Crippen LogP contribution in [0.5, 0.6) is 5.75 Å². The van der Waals surface area contributed by atoms with Gasteiger partial charge in [0, 0.05) is 50.0 Å². The van der Waals surface area contributed by atoms with Gasteiger partial charge in [-0.05, 0) is 26.3 Å². The number of amides is 2. The summed E-state index contributed by atoms with van der Waals surface area (Å²) in [6.45, 7) is 4.18. The maximum Gasteiger partial charge on any atom is 0.274 e. The summed E-state index contributed by atoms with van der Waals surface area (Å²) in [7, 11) is 1.57. The van der Waals surface area contributed by atoms with E-state index in [1.807, 2.05) is 13.8 Å². The molecule has 176 valence electrons. The number of methoxy groups -OCH3 is 1. The number of aromatic hydroxyl groups is 1. The molecule has 0 radical (unpaired) electrons. The highest BCUT2D eigenvalue weighted by Crippen LogP contribution is 2.54. The second-order valence-electron chi connectivity index (χ2n) is 8.84. The Hall–Kier alpha value is -3.27. The number of fused-ring (bicyclic) bond motifs is 2. The zero-order valence-corrected chi connectivity index (χ0v) is 18.5. The van der Waals surface area contributed by atoms with Gasteiger partial charge in [-0.1, -0.05) is 6.07 Å². The number of benzene rings is 1. The van der Waals surface area contributed by atoms with Crippen LogP contribution in [0.2, 0.25) is 0 Å². The van der Waals surface area contributed by atoms with Crippen molar-refractivity contribution in [1.82, 2.24) is 14.8 Å². The molecule has 1 spiro atoms. The van der Waals surface area contributed by atoms with E-state index in [9.17, 15) is 28.3 Å². The van der Waals surface area contributed by atoms with Crippen LogP contribution in [0, 0.1) is 17.6 Å². The lowest BCUT2D eigenvalue weighted by Gasteiger charge is -2.39. The third-order valence-corrected chi connectivity index (χ3v) is 6.46. The standard InChI is InChI=1S/C23H25F2N3O5/c1-12(2)27-11-23(7-14(23)10-33-3)28-9-16(19(29)20(30)18(28)22(27)32)21(31)26-8-13-4-5-15(24)6-17(13)25/h4-6,9,12,14,30H,7-8,10-11H2,1-3H3,(H,26,31)/t14-,23-/m1/s1. The second kappa shape index (κ2) is 8.26. The van der Waals surface area contributed by atoms with Crippen molar-refractivity contribution in [2.45, 2.75) is 38.4 Å². The zero-order valence-electron chi connectivity index (χ0n) is 18.5. The van der Waals surface area contributed by atoms with Crippen LogP contribution in [0.3, 0.4) is 0 Å². The molecule has 1 aliphatic heterocycles. The van der Waals surface area contributed by atoms with E-state index >= 15 is 0 Å². The van der Waals surface area contributed by atoms with Gasteiger partial charge in [-0.25, -0.2) is 8.78 Å². The van der Waals surface area contributed by atoms with E-state index in [2.05, 4.69) is 5.32 Å². The number of aromatic nitrogens is 1. The van der Waals surface area contributed by atoms with E-state index in [4.69, 9.17) is 4.74 Å². The minimum absolute atomic E-state index is 0.0294. The number of pyridine rings is 1. The summed E-state index contributed by atoms with van der Waals surface area (Å²) < 4.78 is 33.8. The molecule has 2 aliphatic rings. The molecule has 2 atom stereocenters. The molecule has 33 heavy (non-hydrogen) atoms. The molecule has 1 fully saturated rings. The van der Waals surface area contributed by atoms with E-state index in [1.54, 1.807) is 12.0 Å². The molecular formula is C23H25F2N3O5. The predicted octanol–water partition coefficient (Wildman–Crippen LogP) is 1.99. The average molecular weight is 461 g/mol. The van der Waals surface area contributed by atoms with Crippen molar-refractivity contribution < 1.29 is 28.2 Å². The summed E-state index contributed by atoms with van der Waals surface area (Å²) >= 11 is 0. The summed E-state index contributed by atoms with van der Waals surface area (Å²) in [4.78, 5) is 40.3. The number of nitrogens with zero attached hydrogens (tertiary/aromatic N) is 2. The summed E-state index contributed by atoms with van der Waals surface area (Å²) in [6, 6.07) is 2.79. The van der Waals surface area contributed by atoms with Gasteiger partial charge in [-0.3, -0.25) is 14.4 Å². The molecule has 1 aromatic carbocycles. The number of carbonyl (C=O) groups excluding carboxylic acids is 2. The molecule has 10 heteroatoms. The Morgan fingerprint density at radius 2 is 2.06 bits per heavy atom. The lowest BCUT2D eigenvalue weighted by molar-refractivity contribution is 0.0543. The molecule has 0 saturated heterocycles. The SMILES string of the molecule is COC[C@H]1C[C@@]12CN(C(C)C)C(=O)c1c(O)c(=O)c(C(=O)NCc3ccc(F)cc3F)cn12. The van der Waals surface area contributed by atoms with Crippen molar-refractivity contribution in [3.63, 3.8) is 0 Å². The summed E-state index contributed by atoms with van der Waals surface area (Å²) in [5.74, 6) is -3.68. The van der Waals surface area contributed by atoms with E-state index in [0.717, 1.165) is 6.07 Å². The van der Waals surface area contributed by atoms with E-state index < -0.39 is 40.2 Å². The largest absolute Gasteiger partial charge is 0.503 e. The number of carbonyl (C=O) groups is 2. The molecule has 1 saturated carbocycles. The first-order valence-electron chi connectivity index (χ1n) is 10.6. The molecule has 8 nitrogen and oxygen atoms in total. The van der Waals surface area contributed by atoms with Crippen molar-refractivity contribution in [3.05, 3.63) is 63.1 Å². The van der Waals surface area contributed by atoms with Gasteiger partial charge in [0.1, 0.15) is 17.2 Å². The molecule has 2 heterocycles. The third-order valence-electron chi connectivity index (χ3n) is 6.46. The Morgan fingerprint density at radius 1 is 1.33 bits per heavy atom. The molecule has 2 N–H and O–H groups in total. The van der Waals surface area contributed by atoms with Gasteiger partial charge in [0.05, 0.1) is 12.1 Å². The Balaban J connectivity index is 1.72. The van der Waals surface area contributed by atoms with Gasteiger partial charge >= 0.3 is 0 Å². The molecule has 0 bridgehead atoms. The summed E-state index contributed by atoms with van der Waals surface area (Å²) in [5, 5.41) is 13.1. The molecule has 2 amide bonds. The molecular weight excluding hydrogens is 436 g/mol. The lowest BCUT2D eigenvalue weighted by atomic mass is 10.0. The van der Waals surface area contributed by atoms with Crippen molar-refractivity contribution in [2.75, 3.05) is 20.3 Å². The fourth-order valence-corrected chi connectivity index (χ4v) is 4.52. The van der Waals surface area contributed by atoms with Gasteiger partial charge < -0.3 is 24.6 Å². The van der Waals surface area contributed by atoms with Crippen LogP contribution >= 0.6 is 0 Å². The van der Waals surface area contributed by atoms with Gasteiger partial charge in [-0.15, -0.1) is 0 Å². The van der Waals surface area contributed by atoms with Crippen LogP contribution in [0.25, 0.3) is 0 Å². The van der Waals surface area contributed by atoms with Crippen molar-refractivity contribution in [2.24, 2.45) is 5.92 Å². The summed E-state index contributed by atoms with van der Waals surface area (Å²) in [6.07, 6.45) is 1.94. The topological polar surface area (TPSA) is 101 Å². The molecule has 1 aromatic heterocycles. The van der Waals surface area contributed by atoms with Gasteiger partial charge in [0.2, 0.25) is 5.43 Å². The number of nitrogens with one attached hydrogen (secondary N) is 1. The highest BCUT2D eigenvalue weighted by Gasteiger charge is 2.60. The van der Waals surface area contributed by atoms with Gasteiger partial charge in [-0.2, -0.15) is 0 Å². The Morgan fingerprint density at radius 3 is 2.70 bits per heavy atom. The van der Waals surface area contributed by atoms with E-state index in [1.165, 1.54) is 16.8 Å². The lowest BCUT2D eigenvalue weighted by Crippen LogP contribution is -2.52. The quantitative estimate of drug-likeness (QED) is 0.685. The van der Waals surface area contributed by atoms with Crippen LogP contribution < -0.4 is 10.7 Å². The minimum Gasteiger partial charge on any atom is -0.503 e. The first kappa shape index (κ1) is 22.9. The molecule has 2 aromatic rings. The number of hydrogen-bond acceptors (Lipinski definition) is 5. The maximum atomic E-state index is 13.9. The maximum absolute atomic E-state index is 13.9. The van der Waals surface area contributed by atoms with Crippen molar-refractivity contribution >= 4 is 11.8 Å². The highest BCUT2D eigenvalue weighted by molar-refractivity contribution is 5.99. The van der Waals surface area contributed by atoms with E-state index in [0.29, 0.717) is 25.6 Å². The van der Waals surface area contributed by atoms with Crippen molar-refractivity contribution in [3.8, 4) is 5.75 Å². The van der Waals surface area contributed by atoms with Crippen molar-refractivity contribution in [1.29, 1.82) is 0 Å². The van der Waals surface area contributed by atoms with Crippen LogP contribution in [-0.4, -0.2) is 52.7 Å². The monoisotopic (exact) mass is 461 g/mol. The van der Waals surface area contributed by atoms with Crippen LogP contribution in [-0.2, 0) is 16.8 Å². The normalized spacial score (nSPS) is 21.5. The Bertz CT molecular complexity index is 1200. The van der Waals surface area contributed by atoms with Crippen LogP contribution in [0.4, 0.5) is 8.78 Å². The Labute approximate surface area is 188 Å². The Kier molecular flexibility index (Phi) is 5.73. The zero-order chi connectivity index (χ0) is 24.1. The number of halogens is 2. The van der Waals surface area contributed by atoms with E-state index in [-0.39, 0.29) is 35.3 Å². The second-order valence-corrected chi connectivity index (χ2v) is 8.84. The fourth-order valence-electron chi connectivity index (χ4n) is 4.52. The van der Waals surface area contributed by atoms with Crippen LogP contribution in [0.15, 0.2) is 29.2 Å². The molecule has 1 aliphatic carbocycles. The fraction of sp³-hybridized carbons (Fsp3) is 0.435. The first-order chi connectivity index (χ1) is 15.6. The summed E-state index contributed by atoms with van der Waals surface area (Å²) in [5.41, 5.74) is -2.08. The predicted molar refractivity (Wildman–Crippen MR) is 114 cm³/mol. The molecule has 4 rings (SSSR count).